The Hall–Kier alpha value is -2.13. The number of aryl methyl sites for hydroxylation is 2. The lowest BCUT2D eigenvalue weighted by Crippen LogP contribution is -2.27. The molecule has 0 aliphatic carbocycles. The van der Waals surface area contributed by atoms with Crippen molar-refractivity contribution in [1.82, 2.24) is 10.2 Å². The van der Waals surface area contributed by atoms with Crippen LogP contribution in [0.3, 0.4) is 0 Å². The summed E-state index contributed by atoms with van der Waals surface area (Å²) in [5.74, 6) is -0.00951. The summed E-state index contributed by atoms with van der Waals surface area (Å²) >= 11 is 0. The summed E-state index contributed by atoms with van der Waals surface area (Å²) in [5.41, 5.74) is 5.62. The van der Waals surface area contributed by atoms with Crippen molar-refractivity contribution >= 4 is 5.91 Å². The van der Waals surface area contributed by atoms with E-state index in [0.29, 0.717) is 0 Å². The van der Waals surface area contributed by atoms with Gasteiger partial charge in [0.1, 0.15) is 0 Å². The first-order valence-corrected chi connectivity index (χ1v) is 10.2. The molecule has 144 valence electrons. The van der Waals surface area contributed by atoms with Crippen LogP contribution in [-0.2, 0) is 6.54 Å². The van der Waals surface area contributed by atoms with E-state index >= 15 is 0 Å². The SMILES string of the molecule is Cc1ccc(C)c([C@H](C)NC(=O)c2ccc(CN3CCCCCC3)cc2)c1. The molecule has 3 nitrogen and oxygen atoms in total. The zero-order chi connectivity index (χ0) is 19.2. The van der Waals surface area contributed by atoms with Gasteiger partial charge in [0.2, 0.25) is 0 Å². The molecule has 3 rings (SSSR count). The zero-order valence-corrected chi connectivity index (χ0v) is 16.9. The molecular weight excluding hydrogens is 332 g/mol. The summed E-state index contributed by atoms with van der Waals surface area (Å²) in [6.07, 6.45) is 5.32. The van der Waals surface area contributed by atoms with Crippen molar-refractivity contribution in [3.63, 3.8) is 0 Å². The molecule has 27 heavy (non-hydrogen) atoms. The minimum Gasteiger partial charge on any atom is -0.346 e. The van der Waals surface area contributed by atoms with Gasteiger partial charge in [-0.05, 0) is 75.5 Å². The van der Waals surface area contributed by atoms with Crippen molar-refractivity contribution in [3.05, 3.63) is 70.3 Å². The van der Waals surface area contributed by atoms with Gasteiger partial charge in [0.05, 0.1) is 6.04 Å². The summed E-state index contributed by atoms with van der Waals surface area (Å²) in [5, 5.41) is 3.14. The second-order valence-corrected chi connectivity index (χ2v) is 7.94. The number of hydrogen-bond donors (Lipinski definition) is 1. The van der Waals surface area contributed by atoms with Crippen molar-refractivity contribution in [2.45, 2.75) is 59.0 Å². The number of benzene rings is 2. The highest BCUT2D eigenvalue weighted by molar-refractivity contribution is 5.94. The van der Waals surface area contributed by atoms with Gasteiger partial charge in [-0.3, -0.25) is 9.69 Å². The third-order valence-electron chi connectivity index (χ3n) is 5.57. The van der Waals surface area contributed by atoms with Gasteiger partial charge >= 0.3 is 0 Å². The number of hydrogen-bond acceptors (Lipinski definition) is 2. The van der Waals surface area contributed by atoms with Crippen LogP contribution in [0.15, 0.2) is 42.5 Å². The molecule has 0 radical (unpaired) electrons. The highest BCUT2D eigenvalue weighted by Gasteiger charge is 2.14. The lowest BCUT2D eigenvalue weighted by atomic mass is 9.99. The van der Waals surface area contributed by atoms with Crippen LogP contribution < -0.4 is 5.32 Å². The van der Waals surface area contributed by atoms with Crippen LogP contribution in [0.4, 0.5) is 0 Å². The van der Waals surface area contributed by atoms with Crippen LogP contribution in [0.1, 0.15) is 71.3 Å². The maximum Gasteiger partial charge on any atom is 0.251 e. The molecule has 0 saturated carbocycles. The Bertz CT molecular complexity index is 758. The van der Waals surface area contributed by atoms with Crippen molar-refractivity contribution in [2.75, 3.05) is 13.1 Å². The fourth-order valence-electron chi connectivity index (χ4n) is 3.90. The molecule has 1 amide bonds. The Morgan fingerprint density at radius 1 is 1.00 bits per heavy atom. The predicted molar refractivity (Wildman–Crippen MR) is 112 cm³/mol. The Morgan fingerprint density at radius 3 is 2.33 bits per heavy atom. The van der Waals surface area contributed by atoms with E-state index in [1.807, 2.05) is 19.1 Å². The van der Waals surface area contributed by atoms with E-state index in [4.69, 9.17) is 0 Å². The average molecular weight is 365 g/mol. The van der Waals surface area contributed by atoms with Crippen LogP contribution in [-0.4, -0.2) is 23.9 Å². The molecule has 1 N–H and O–H groups in total. The normalized spacial score (nSPS) is 16.6. The van der Waals surface area contributed by atoms with Gasteiger partial charge in [-0.2, -0.15) is 0 Å². The standard InChI is InChI=1S/C24H32N2O/c1-18-8-9-19(2)23(16-18)20(3)25-24(27)22-12-10-21(11-13-22)17-26-14-6-4-5-7-15-26/h8-13,16,20H,4-7,14-15,17H2,1-3H3,(H,25,27)/t20-/m0/s1. The van der Waals surface area contributed by atoms with Gasteiger partial charge in [0.25, 0.3) is 5.91 Å². The molecule has 1 saturated heterocycles. The summed E-state index contributed by atoms with van der Waals surface area (Å²) < 4.78 is 0. The number of rotatable bonds is 5. The van der Waals surface area contributed by atoms with Crippen molar-refractivity contribution in [1.29, 1.82) is 0 Å². The molecule has 1 heterocycles. The summed E-state index contributed by atoms with van der Waals surface area (Å²) in [4.78, 5) is 15.2. The molecule has 1 atom stereocenters. The quantitative estimate of drug-likeness (QED) is 0.794. The summed E-state index contributed by atoms with van der Waals surface area (Å²) in [7, 11) is 0. The first-order valence-electron chi connectivity index (χ1n) is 10.2. The molecule has 0 unspecified atom stereocenters. The Labute approximate surface area is 163 Å². The molecular formula is C24H32N2O. The van der Waals surface area contributed by atoms with E-state index < -0.39 is 0 Å². The molecule has 1 aliphatic heterocycles. The molecule has 0 bridgehead atoms. The van der Waals surface area contributed by atoms with E-state index in [0.717, 1.165) is 12.1 Å². The maximum atomic E-state index is 12.6. The van der Waals surface area contributed by atoms with Crippen molar-refractivity contribution < 1.29 is 4.79 Å². The lowest BCUT2D eigenvalue weighted by Gasteiger charge is -2.20. The monoisotopic (exact) mass is 364 g/mol. The molecule has 2 aromatic carbocycles. The minimum absolute atomic E-state index is 0.00539. The first kappa shape index (κ1) is 19.6. The number of carbonyl (C=O) groups is 1. The summed E-state index contributed by atoms with van der Waals surface area (Å²) in [6.45, 7) is 9.59. The van der Waals surface area contributed by atoms with Gasteiger partial charge in [-0.15, -0.1) is 0 Å². The lowest BCUT2D eigenvalue weighted by molar-refractivity contribution is 0.0940. The van der Waals surface area contributed by atoms with E-state index in [1.54, 1.807) is 0 Å². The second-order valence-electron chi connectivity index (χ2n) is 7.94. The molecule has 0 spiro atoms. The predicted octanol–water partition coefficient (Wildman–Crippen LogP) is 5.17. The minimum atomic E-state index is -0.00951. The number of nitrogens with zero attached hydrogens (tertiary/aromatic N) is 1. The largest absolute Gasteiger partial charge is 0.346 e. The number of amides is 1. The average Bonchev–Trinajstić information content (AvgIpc) is 2.93. The number of nitrogens with one attached hydrogen (secondary N) is 1. The maximum absolute atomic E-state index is 12.6. The Kier molecular flexibility index (Phi) is 6.68. The highest BCUT2D eigenvalue weighted by Crippen LogP contribution is 2.20. The highest BCUT2D eigenvalue weighted by atomic mass is 16.1. The van der Waals surface area contributed by atoms with Gasteiger partial charge in [-0.1, -0.05) is 48.7 Å². The number of likely N-dealkylation sites (tertiary alicyclic amines) is 1. The summed E-state index contributed by atoms with van der Waals surface area (Å²) in [6, 6.07) is 14.5. The molecule has 3 heteroatoms. The zero-order valence-electron chi connectivity index (χ0n) is 16.9. The van der Waals surface area contributed by atoms with Crippen LogP contribution >= 0.6 is 0 Å². The Morgan fingerprint density at radius 2 is 1.67 bits per heavy atom. The van der Waals surface area contributed by atoms with Crippen molar-refractivity contribution in [2.24, 2.45) is 0 Å². The molecule has 2 aromatic rings. The van der Waals surface area contributed by atoms with Crippen LogP contribution in [0, 0.1) is 13.8 Å². The fraction of sp³-hybridized carbons (Fsp3) is 0.458. The third-order valence-corrected chi connectivity index (χ3v) is 5.57. The topological polar surface area (TPSA) is 32.3 Å². The van der Waals surface area contributed by atoms with E-state index in [-0.39, 0.29) is 11.9 Å². The molecule has 1 aliphatic rings. The van der Waals surface area contributed by atoms with Crippen molar-refractivity contribution in [3.8, 4) is 0 Å². The first-order chi connectivity index (χ1) is 13.0. The second kappa shape index (κ2) is 9.18. The van der Waals surface area contributed by atoms with E-state index in [2.05, 4.69) is 54.4 Å². The van der Waals surface area contributed by atoms with E-state index in [1.165, 1.54) is 61.0 Å². The van der Waals surface area contributed by atoms with Crippen LogP contribution in [0.2, 0.25) is 0 Å². The third kappa shape index (κ3) is 5.43. The van der Waals surface area contributed by atoms with Gasteiger partial charge in [0, 0.05) is 12.1 Å². The smallest absolute Gasteiger partial charge is 0.251 e. The fourth-order valence-corrected chi connectivity index (χ4v) is 3.90. The Balaban J connectivity index is 1.60. The van der Waals surface area contributed by atoms with Gasteiger partial charge < -0.3 is 5.32 Å². The number of carbonyl (C=O) groups excluding carboxylic acids is 1. The van der Waals surface area contributed by atoms with Gasteiger partial charge in [-0.25, -0.2) is 0 Å². The van der Waals surface area contributed by atoms with Gasteiger partial charge in [0.15, 0.2) is 0 Å². The molecule has 0 aromatic heterocycles. The van der Waals surface area contributed by atoms with E-state index in [9.17, 15) is 4.79 Å². The van der Waals surface area contributed by atoms with Crippen LogP contribution in [0.25, 0.3) is 0 Å². The molecule has 1 fully saturated rings. The van der Waals surface area contributed by atoms with Crippen LogP contribution in [0.5, 0.6) is 0 Å².